The van der Waals surface area contributed by atoms with E-state index in [1.54, 1.807) is 0 Å². The van der Waals surface area contributed by atoms with Gasteiger partial charge in [0.05, 0.1) is 5.69 Å². The van der Waals surface area contributed by atoms with E-state index in [-0.39, 0.29) is 0 Å². The minimum Gasteiger partial charge on any atom is -0.304 e. The highest BCUT2D eigenvalue weighted by molar-refractivity contribution is 6.11. The lowest BCUT2D eigenvalue weighted by molar-refractivity contribution is 0.392. The average molecular weight is 321 g/mol. The van der Waals surface area contributed by atoms with E-state index in [0.29, 0.717) is 11.8 Å². The first-order valence-corrected chi connectivity index (χ1v) is 8.74. The maximum atomic E-state index is 4.79. The molecule has 0 radical (unpaired) electrons. The molecule has 0 aliphatic carbocycles. The van der Waals surface area contributed by atoms with E-state index in [1.807, 2.05) is 12.1 Å². The summed E-state index contributed by atoms with van der Waals surface area (Å²) in [6.45, 7) is 9.85. The van der Waals surface area contributed by atoms with E-state index in [2.05, 4.69) is 81.1 Å². The second-order valence-corrected chi connectivity index (χ2v) is 7.11. The number of nitrogens with zero attached hydrogens (tertiary/aromatic N) is 3. The van der Waals surface area contributed by atoms with Gasteiger partial charge in [0, 0.05) is 12.6 Å². The topological polar surface area (TPSA) is 18.8 Å². The van der Waals surface area contributed by atoms with Crippen LogP contribution in [-0.2, 0) is 0 Å². The molecular weight excluding hydrogens is 294 g/mol. The number of hydrogen-bond donors (Lipinski definition) is 0. The summed E-state index contributed by atoms with van der Waals surface area (Å²) in [5.41, 5.74) is 5.27. The number of anilines is 1. The lowest BCUT2D eigenvalue weighted by atomic mass is 9.91. The summed E-state index contributed by atoms with van der Waals surface area (Å²) in [6.07, 6.45) is 0. The summed E-state index contributed by atoms with van der Waals surface area (Å²) in [4.78, 5) is 2.38. The van der Waals surface area contributed by atoms with E-state index in [0.717, 1.165) is 18.1 Å². The molecule has 0 aromatic heterocycles. The highest BCUT2D eigenvalue weighted by Gasteiger charge is 2.28. The van der Waals surface area contributed by atoms with Crippen molar-refractivity contribution in [3.05, 3.63) is 65.2 Å². The fourth-order valence-corrected chi connectivity index (χ4v) is 3.32. The SMILES string of the molecule is CC(C)c1cccc(C(C)C)c1N1CN(C)N=C1c1ccccc1. The molecule has 0 N–H and O–H groups in total. The van der Waals surface area contributed by atoms with Gasteiger partial charge in [-0.2, -0.15) is 5.10 Å². The molecule has 1 aliphatic rings. The van der Waals surface area contributed by atoms with Crippen LogP contribution in [0.4, 0.5) is 5.69 Å². The Bertz CT molecular complexity index is 706. The lowest BCUT2D eigenvalue weighted by Gasteiger charge is -2.29. The molecule has 0 fully saturated rings. The highest BCUT2D eigenvalue weighted by Crippen LogP contribution is 2.37. The zero-order valence-electron chi connectivity index (χ0n) is 15.3. The maximum Gasteiger partial charge on any atom is 0.162 e. The summed E-state index contributed by atoms with van der Waals surface area (Å²) in [6, 6.07) is 17.2. The van der Waals surface area contributed by atoms with Gasteiger partial charge in [-0.15, -0.1) is 0 Å². The van der Waals surface area contributed by atoms with Crippen molar-refractivity contribution in [1.29, 1.82) is 0 Å². The van der Waals surface area contributed by atoms with Crippen molar-refractivity contribution >= 4 is 11.5 Å². The van der Waals surface area contributed by atoms with E-state index >= 15 is 0 Å². The Kier molecular flexibility index (Phi) is 4.61. The highest BCUT2D eigenvalue weighted by atomic mass is 15.6. The largest absolute Gasteiger partial charge is 0.304 e. The minimum absolute atomic E-state index is 0.474. The van der Waals surface area contributed by atoms with Gasteiger partial charge in [-0.05, 0) is 23.0 Å². The van der Waals surface area contributed by atoms with Crippen LogP contribution < -0.4 is 4.90 Å². The number of hydrazone groups is 1. The van der Waals surface area contributed by atoms with E-state index in [4.69, 9.17) is 5.10 Å². The van der Waals surface area contributed by atoms with E-state index < -0.39 is 0 Å². The van der Waals surface area contributed by atoms with Crippen molar-refractivity contribution in [3.63, 3.8) is 0 Å². The van der Waals surface area contributed by atoms with Crippen LogP contribution in [0.15, 0.2) is 53.6 Å². The molecule has 0 unspecified atom stereocenters. The first-order valence-electron chi connectivity index (χ1n) is 8.74. The molecule has 1 heterocycles. The second-order valence-electron chi connectivity index (χ2n) is 7.11. The summed E-state index contributed by atoms with van der Waals surface area (Å²) < 4.78 is 0. The van der Waals surface area contributed by atoms with Gasteiger partial charge >= 0.3 is 0 Å². The van der Waals surface area contributed by atoms with Crippen molar-refractivity contribution in [1.82, 2.24) is 5.01 Å². The van der Waals surface area contributed by atoms with Gasteiger partial charge in [0.1, 0.15) is 6.67 Å². The number of para-hydroxylation sites is 1. The molecule has 3 heteroatoms. The van der Waals surface area contributed by atoms with Crippen molar-refractivity contribution in [2.75, 3.05) is 18.6 Å². The van der Waals surface area contributed by atoms with Crippen molar-refractivity contribution < 1.29 is 0 Å². The molecule has 0 amide bonds. The molecule has 2 aromatic carbocycles. The van der Waals surface area contributed by atoms with Gasteiger partial charge in [-0.1, -0.05) is 76.2 Å². The van der Waals surface area contributed by atoms with Crippen LogP contribution in [0.1, 0.15) is 56.2 Å². The third-order valence-electron chi connectivity index (χ3n) is 4.51. The normalized spacial score (nSPS) is 14.7. The molecule has 126 valence electrons. The monoisotopic (exact) mass is 321 g/mol. The van der Waals surface area contributed by atoms with E-state index in [9.17, 15) is 0 Å². The van der Waals surface area contributed by atoms with Crippen LogP contribution in [-0.4, -0.2) is 24.6 Å². The molecule has 3 rings (SSSR count). The van der Waals surface area contributed by atoms with Gasteiger partial charge in [0.2, 0.25) is 0 Å². The second kappa shape index (κ2) is 6.68. The Hall–Kier alpha value is -2.29. The maximum absolute atomic E-state index is 4.79. The predicted molar refractivity (Wildman–Crippen MR) is 103 cm³/mol. The Morgan fingerprint density at radius 2 is 1.42 bits per heavy atom. The smallest absolute Gasteiger partial charge is 0.162 e. The fraction of sp³-hybridized carbons (Fsp3) is 0.381. The van der Waals surface area contributed by atoms with Crippen LogP contribution in [0, 0.1) is 0 Å². The van der Waals surface area contributed by atoms with Crippen LogP contribution in [0.2, 0.25) is 0 Å². The Morgan fingerprint density at radius 3 is 1.96 bits per heavy atom. The summed E-state index contributed by atoms with van der Waals surface area (Å²) in [7, 11) is 2.04. The summed E-state index contributed by atoms with van der Waals surface area (Å²) in [5.74, 6) is 1.98. The fourth-order valence-electron chi connectivity index (χ4n) is 3.32. The zero-order valence-corrected chi connectivity index (χ0v) is 15.3. The molecule has 0 spiro atoms. The Labute approximate surface area is 145 Å². The predicted octanol–water partition coefficient (Wildman–Crippen LogP) is 5.00. The van der Waals surface area contributed by atoms with Gasteiger partial charge in [0.15, 0.2) is 5.84 Å². The molecule has 24 heavy (non-hydrogen) atoms. The van der Waals surface area contributed by atoms with Crippen LogP contribution >= 0.6 is 0 Å². The molecule has 3 nitrogen and oxygen atoms in total. The number of hydrogen-bond acceptors (Lipinski definition) is 3. The van der Waals surface area contributed by atoms with Gasteiger partial charge in [0.25, 0.3) is 0 Å². The van der Waals surface area contributed by atoms with Gasteiger partial charge in [-0.25, -0.2) is 0 Å². The molecule has 0 saturated heterocycles. The van der Waals surface area contributed by atoms with Crippen LogP contribution in [0.3, 0.4) is 0 Å². The van der Waals surface area contributed by atoms with Crippen molar-refractivity contribution in [2.24, 2.45) is 5.10 Å². The molecular formula is C21H27N3. The number of rotatable bonds is 4. The van der Waals surface area contributed by atoms with Gasteiger partial charge < -0.3 is 4.90 Å². The first kappa shape index (κ1) is 16.6. The quantitative estimate of drug-likeness (QED) is 0.788. The van der Waals surface area contributed by atoms with Gasteiger partial charge in [-0.3, -0.25) is 5.01 Å². The molecule has 0 bridgehead atoms. The Balaban J connectivity index is 2.16. The molecule has 0 atom stereocenters. The third-order valence-corrected chi connectivity index (χ3v) is 4.51. The van der Waals surface area contributed by atoms with E-state index in [1.165, 1.54) is 16.8 Å². The zero-order chi connectivity index (χ0) is 17.3. The standard InChI is InChI=1S/C21H27N3/c1-15(2)18-12-9-13-19(16(3)4)20(18)24-14-23(5)22-21(24)17-10-7-6-8-11-17/h6-13,15-16H,14H2,1-5H3. The first-order chi connectivity index (χ1) is 11.5. The number of amidine groups is 1. The molecule has 0 saturated carbocycles. The number of benzene rings is 2. The third kappa shape index (κ3) is 3.03. The molecule has 1 aliphatic heterocycles. The molecule has 2 aromatic rings. The summed E-state index contributed by atoms with van der Waals surface area (Å²) in [5, 5.41) is 6.81. The average Bonchev–Trinajstić information content (AvgIpc) is 2.96. The Morgan fingerprint density at radius 1 is 0.833 bits per heavy atom. The minimum atomic E-state index is 0.474. The lowest BCUT2D eigenvalue weighted by Crippen LogP contribution is -2.32. The van der Waals surface area contributed by atoms with Crippen molar-refractivity contribution in [2.45, 2.75) is 39.5 Å². The van der Waals surface area contributed by atoms with Crippen molar-refractivity contribution in [3.8, 4) is 0 Å². The van der Waals surface area contributed by atoms with Crippen LogP contribution in [0.25, 0.3) is 0 Å². The summed E-state index contributed by atoms with van der Waals surface area (Å²) >= 11 is 0. The van der Waals surface area contributed by atoms with Crippen LogP contribution in [0.5, 0.6) is 0 Å².